The van der Waals surface area contributed by atoms with Crippen LogP contribution in [0.1, 0.15) is 31.7 Å². The first-order chi connectivity index (χ1) is 16.7. The Balaban J connectivity index is 1.24. The van der Waals surface area contributed by atoms with Crippen molar-refractivity contribution in [2.75, 3.05) is 16.3 Å². The molecule has 180 valence electrons. The number of fused-ring (bicyclic) bond motifs is 1. The van der Waals surface area contributed by atoms with Gasteiger partial charge in [0.25, 0.3) is 0 Å². The van der Waals surface area contributed by atoms with Gasteiger partial charge >= 0.3 is 5.97 Å². The van der Waals surface area contributed by atoms with E-state index < -0.39 is 11.9 Å². The fourth-order valence-corrected chi connectivity index (χ4v) is 5.19. The number of nitrogens with zero attached hydrogens (tertiary/aromatic N) is 2. The Morgan fingerprint density at radius 3 is 2.34 bits per heavy atom. The van der Waals surface area contributed by atoms with E-state index in [1.54, 1.807) is 41.3 Å². The van der Waals surface area contributed by atoms with Gasteiger partial charge in [0.05, 0.1) is 23.4 Å². The van der Waals surface area contributed by atoms with Crippen molar-refractivity contribution in [2.45, 2.75) is 33.1 Å². The highest BCUT2D eigenvalue weighted by atomic mass is 35.5. The van der Waals surface area contributed by atoms with E-state index in [2.05, 4.69) is 0 Å². The number of anilines is 2. The van der Waals surface area contributed by atoms with Crippen LogP contribution in [0.2, 0.25) is 5.02 Å². The van der Waals surface area contributed by atoms with E-state index in [9.17, 15) is 19.2 Å². The molecular weight excluding hydrogens is 468 g/mol. The van der Waals surface area contributed by atoms with Crippen molar-refractivity contribution in [3.8, 4) is 5.75 Å². The predicted molar refractivity (Wildman–Crippen MR) is 131 cm³/mol. The highest BCUT2D eigenvalue weighted by Crippen LogP contribution is 2.40. The second kappa shape index (κ2) is 8.96. The van der Waals surface area contributed by atoms with Crippen LogP contribution in [0.3, 0.4) is 0 Å². The lowest BCUT2D eigenvalue weighted by Crippen LogP contribution is -2.30. The summed E-state index contributed by atoms with van der Waals surface area (Å²) >= 11 is 6.19. The molecule has 0 unspecified atom stereocenters. The minimum atomic E-state index is -0.608. The fraction of sp³-hybridized carbons (Fsp3) is 0.333. The van der Waals surface area contributed by atoms with Gasteiger partial charge in [0, 0.05) is 23.7 Å². The van der Waals surface area contributed by atoms with E-state index in [0.717, 1.165) is 11.1 Å². The summed E-state index contributed by atoms with van der Waals surface area (Å²) in [7, 11) is 0. The summed E-state index contributed by atoms with van der Waals surface area (Å²) in [6, 6.07) is 11.7. The third kappa shape index (κ3) is 4.25. The number of ether oxygens (including phenoxy) is 1. The molecule has 35 heavy (non-hydrogen) atoms. The van der Waals surface area contributed by atoms with Crippen molar-refractivity contribution < 1.29 is 23.9 Å². The van der Waals surface area contributed by atoms with Crippen LogP contribution < -0.4 is 14.5 Å². The van der Waals surface area contributed by atoms with Gasteiger partial charge in [-0.3, -0.25) is 24.1 Å². The molecule has 0 spiro atoms. The molecule has 2 aromatic carbocycles. The van der Waals surface area contributed by atoms with E-state index in [1.807, 2.05) is 26.0 Å². The Hall–Kier alpha value is -3.45. The molecule has 2 fully saturated rings. The molecule has 3 aliphatic rings. The monoisotopic (exact) mass is 492 g/mol. The van der Waals surface area contributed by atoms with E-state index in [-0.39, 0.29) is 48.3 Å². The van der Waals surface area contributed by atoms with Gasteiger partial charge in [-0.25, -0.2) is 0 Å². The zero-order valence-corrected chi connectivity index (χ0v) is 20.2. The maximum Gasteiger partial charge on any atom is 0.316 e. The van der Waals surface area contributed by atoms with E-state index in [0.29, 0.717) is 29.2 Å². The summed E-state index contributed by atoms with van der Waals surface area (Å²) < 4.78 is 5.51. The van der Waals surface area contributed by atoms with Crippen LogP contribution >= 0.6 is 11.6 Å². The van der Waals surface area contributed by atoms with Crippen LogP contribution in [-0.4, -0.2) is 30.2 Å². The normalized spacial score (nSPS) is 24.0. The Morgan fingerprint density at radius 2 is 1.63 bits per heavy atom. The van der Waals surface area contributed by atoms with Crippen LogP contribution in [0.4, 0.5) is 11.4 Å². The van der Waals surface area contributed by atoms with Crippen molar-refractivity contribution in [1.29, 1.82) is 0 Å². The van der Waals surface area contributed by atoms with Crippen LogP contribution in [0, 0.1) is 24.7 Å². The Labute approximate surface area is 208 Å². The summed E-state index contributed by atoms with van der Waals surface area (Å²) in [6.07, 6.45) is 3.27. The number of aryl methyl sites for hydroxylation is 1. The molecule has 0 N–H and O–H groups in total. The first-order valence-electron chi connectivity index (χ1n) is 11.6. The van der Waals surface area contributed by atoms with Crippen LogP contribution in [0.25, 0.3) is 0 Å². The summed E-state index contributed by atoms with van der Waals surface area (Å²) in [5.41, 5.74) is 3.15. The molecule has 0 radical (unpaired) electrons. The molecule has 3 atom stereocenters. The Morgan fingerprint density at radius 1 is 0.943 bits per heavy atom. The number of hydrogen-bond acceptors (Lipinski definition) is 5. The minimum Gasteiger partial charge on any atom is -0.426 e. The SMILES string of the molecule is CC1=CC[C@@H]2C(=O)N(c3ccc(OC(=O)[C@H]4CC(=O)N(c5ccc(C)c(Cl)c5)C4)cc3)C(=O)[C@@H]2C1. The number of benzene rings is 2. The Bertz CT molecular complexity index is 1270. The lowest BCUT2D eigenvalue weighted by atomic mass is 9.82. The average molecular weight is 493 g/mol. The molecule has 0 bridgehead atoms. The van der Waals surface area contributed by atoms with Gasteiger partial charge < -0.3 is 9.64 Å². The van der Waals surface area contributed by atoms with Crippen LogP contribution in [0.15, 0.2) is 54.1 Å². The fourth-order valence-electron chi connectivity index (χ4n) is 5.02. The quantitative estimate of drug-likeness (QED) is 0.272. The number of halogens is 1. The minimum absolute atomic E-state index is 0.0510. The van der Waals surface area contributed by atoms with E-state index in [1.165, 1.54) is 4.90 Å². The van der Waals surface area contributed by atoms with Crippen LogP contribution in [0.5, 0.6) is 5.75 Å². The first-order valence-corrected chi connectivity index (χ1v) is 12.0. The molecular formula is C27H25ClN2O5. The van der Waals surface area contributed by atoms with Crippen molar-refractivity contribution in [2.24, 2.45) is 17.8 Å². The largest absolute Gasteiger partial charge is 0.426 e. The molecule has 0 aromatic heterocycles. The molecule has 5 rings (SSSR count). The van der Waals surface area contributed by atoms with E-state index >= 15 is 0 Å². The number of rotatable bonds is 4. The smallest absolute Gasteiger partial charge is 0.316 e. The standard InChI is InChI=1S/C27H25ClN2O5/c1-15-3-10-21-22(11-15)26(33)30(25(21)32)18-6-8-20(9-7-18)35-27(34)17-12-24(31)29(14-17)19-5-4-16(2)23(28)13-19/h3-9,13,17,21-22H,10-12,14H2,1-2H3/t17-,21-,22+/m0/s1. The average Bonchev–Trinajstić information content (AvgIpc) is 3.34. The lowest BCUT2D eigenvalue weighted by molar-refractivity contribution is -0.139. The summed E-state index contributed by atoms with van der Waals surface area (Å²) in [6.45, 7) is 4.07. The van der Waals surface area contributed by atoms with Crippen LogP contribution in [-0.2, 0) is 19.2 Å². The highest BCUT2D eigenvalue weighted by molar-refractivity contribution is 6.31. The van der Waals surface area contributed by atoms with Crippen molar-refractivity contribution in [3.63, 3.8) is 0 Å². The first kappa shape index (κ1) is 23.3. The maximum atomic E-state index is 12.9. The number of allylic oxidation sites excluding steroid dienone is 2. The number of hydrogen-bond donors (Lipinski definition) is 0. The molecule has 2 aromatic rings. The summed E-state index contributed by atoms with van der Waals surface area (Å²) in [4.78, 5) is 53.8. The molecule has 2 heterocycles. The lowest BCUT2D eigenvalue weighted by Gasteiger charge is -2.18. The van der Waals surface area contributed by atoms with Crippen molar-refractivity contribution in [1.82, 2.24) is 0 Å². The second-order valence-corrected chi connectivity index (χ2v) is 9.88. The van der Waals surface area contributed by atoms with Crippen molar-refractivity contribution >= 4 is 46.7 Å². The van der Waals surface area contributed by atoms with Gasteiger partial charge in [0.15, 0.2) is 0 Å². The number of amides is 3. The molecule has 0 saturated carbocycles. The molecule has 7 nitrogen and oxygen atoms in total. The summed E-state index contributed by atoms with van der Waals surface area (Å²) in [5, 5.41) is 0.557. The third-order valence-corrected chi connectivity index (χ3v) is 7.47. The highest BCUT2D eigenvalue weighted by Gasteiger charge is 2.48. The zero-order chi connectivity index (χ0) is 24.9. The zero-order valence-electron chi connectivity index (χ0n) is 19.5. The van der Waals surface area contributed by atoms with Gasteiger partial charge in [-0.05, 0) is 68.7 Å². The molecule has 2 saturated heterocycles. The third-order valence-electron chi connectivity index (χ3n) is 7.06. The molecule has 8 heteroatoms. The van der Waals surface area contributed by atoms with Gasteiger partial charge in [-0.2, -0.15) is 0 Å². The number of imide groups is 1. The molecule has 1 aliphatic carbocycles. The molecule has 2 aliphatic heterocycles. The van der Waals surface area contributed by atoms with Gasteiger partial charge in [0.2, 0.25) is 17.7 Å². The van der Waals surface area contributed by atoms with Gasteiger partial charge in [-0.1, -0.05) is 29.3 Å². The number of carbonyl (C=O) groups is 4. The number of esters is 1. The second-order valence-electron chi connectivity index (χ2n) is 9.47. The van der Waals surface area contributed by atoms with Gasteiger partial charge in [-0.15, -0.1) is 0 Å². The van der Waals surface area contributed by atoms with Crippen molar-refractivity contribution in [3.05, 3.63) is 64.7 Å². The summed E-state index contributed by atoms with van der Waals surface area (Å²) in [5.74, 6) is -1.98. The number of carbonyl (C=O) groups excluding carboxylic acids is 4. The Kier molecular flexibility index (Phi) is 5.97. The van der Waals surface area contributed by atoms with E-state index in [4.69, 9.17) is 16.3 Å². The van der Waals surface area contributed by atoms with Gasteiger partial charge in [0.1, 0.15) is 5.75 Å². The molecule has 3 amide bonds. The predicted octanol–water partition coefficient (Wildman–Crippen LogP) is 4.45. The topological polar surface area (TPSA) is 84.0 Å². The maximum absolute atomic E-state index is 12.9.